The second-order valence-corrected chi connectivity index (χ2v) is 5.29. The molecule has 0 spiro atoms. The van der Waals surface area contributed by atoms with Crippen molar-refractivity contribution >= 4 is 11.6 Å². The molecule has 0 saturated carbocycles. The molecule has 0 fully saturated rings. The van der Waals surface area contributed by atoms with Crippen LogP contribution in [-0.2, 0) is 13.6 Å². The number of halogens is 1. The minimum absolute atomic E-state index is 0.168. The highest BCUT2D eigenvalue weighted by Gasteiger charge is 2.18. The first-order chi connectivity index (χ1) is 10.5. The number of hydrogen-bond donors (Lipinski definition) is 0. The van der Waals surface area contributed by atoms with Crippen LogP contribution in [0.15, 0.2) is 40.1 Å². The highest BCUT2D eigenvalue weighted by Crippen LogP contribution is 2.23. The van der Waals surface area contributed by atoms with Crippen LogP contribution in [0.25, 0.3) is 22.8 Å². The topological polar surface area (TPSA) is 69.8 Å². The van der Waals surface area contributed by atoms with Gasteiger partial charge in [-0.25, -0.2) is 9.78 Å². The van der Waals surface area contributed by atoms with Crippen LogP contribution in [0.5, 0.6) is 0 Å². The van der Waals surface area contributed by atoms with Crippen LogP contribution in [0, 0.1) is 0 Å². The molecule has 0 aliphatic carbocycles. The van der Waals surface area contributed by atoms with E-state index in [0.717, 1.165) is 10.1 Å². The normalized spacial score (nSPS) is 11.0. The van der Waals surface area contributed by atoms with Crippen molar-refractivity contribution in [3.8, 4) is 22.8 Å². The van der Waals surface area contributed by atoms with Crippen LogP contribution in [-0.4, -0.2) is 19.1 Å². The Hall–Kier alpha value is -2.47. The fourth-order valence-electron chi connectivity index (χ4n) is 2.24. The van der Waals surface area contributed by atoms with Crippen LogP contribution < -0.4 is 11.2 Å². The van der Waals surface area contributed by atoms with Gasteiger partial charge in [-0.15, -0.1) is 0 Å². The molecular weight excluding hydrogens is 304 g/mol. The van der Waals surface area contributed by atoms with Crippen molar-refractivity contribution in [2.75, 3.05) is 0 Å². The van der Waals surface area contributed by atoms with Crippen molar-refractivity contribution in [2.24, 2.45) is 7.05 Å². The van der Waals surface area contributed by atoms with Crippen molar-refractivity contribution < 1.29 is 0 Å². The number of aromatic nitrogens is 4. The molecule has 0 unspecified atom stereocenters. The van der Waals surface area contributed by atoms with E-state index in [1.54, 1.807) is 22.9 Å². The standard InChI is InChI=1S/C15H13ClN4O2/c1-3-20-8-11(9-5-4-6-10(16)7-9)17-12-13(20)18-15(22)19(2)14(12)21/h4-8H,3H2,1-2H3. The van der Waals surface area contributed by atoms with E-state index in [1.807, 2.05) is 19.1 Å². The molecule has 0 N–H and O–H groups in total. The van der Waals surface area contributed by atoms with Crippen LogP contribution in [0.3, 0.4) is 0 Å². The van der Waals surface area contributed by atoms with Gasteiger partial charge in [-0.2, -0.15) is 4.98 Å². The van der Waals surface area contributed by atoms with Gasteiger partial charge in [0.05, 0.1) is 5.69 Å². The summed E-state index contributed by atoms with van der Waals surface area (Å²) in [5, 5.41) is 0.586. The average Bonchev–Trinajstić information content (AvgIpc) is 2.52. The Balaban J connectivity index is 2.38. The molecule has 3 rings (SSSR count). The Morgan fingerprint density at radius 3 is 2.68 bits per heavy atom. The van der Waals surface area contributed by atoms with E-state index in [0.29, 0.717) is 23.1 Å². The number of rotatable bonds is 2. The molecule has 22 heavy (non-hydrogen) atoms. The molecule has 2 aliphatic rings. The van der Waals surface area contributed by atoms with Crippen LogP contribution in [0.2, 0.25) is 5.02 Å². The van der Waals surface area contributed by atoms with E-state index in [9.17, 15) is 9.59 Å². The lowest BCUT2D eigenvalue weighted by molar-refractivity contribution is 0.698. The molecule has 0 bridgehead atoms. The van der Waals surface area contributed by atoms with Gasteiger partial charge in [0.15, 0.2) is 11.5 Å². The van der Waals surface area contributed by atoms with Crippen molar-refractivity contribution in [3.05, 3.63) is 56.3 Å². The highest BCUT2D eigenvalue weighted by atomic mass is 35.5. The van der Waals surface area contributed by atoms with E-state index in [4.69, 9.17) is 11.6 Å². The zero-order valence-electron chi connectivity index (χ0n) is 12.1. The van der Waals surface area contributed by atoms with E-state index in [2.05, 4.69) is 9.97 Å². The first-order valence-corrected chi connectivity index (χ1v) is 7.13. The SMILES string of the molecule is CCn1cc(-c2cccc(Cl)c2)nc2c(=O)n(C)c(=O)nc1-2. The van der Waals surface area contributed by atoms with Gasteiger partial charge >= 0.3 is 5.69 Å². The third-order valence-electron chi connectivity index (χ3n) is 3.45. The third kappa shape index (κ3) is 2.31. The maximum Gasteiger partial charge on any atom is 0.352 e. The van der Waals surface area contributed by atoms with Crippen molar-refractivity contribution in [2.45, 2.75) is 13.5 Å². The quantitative estimate of drug-likeness (QED) is 0.722. The van der Waals surface area contributed by atoms with Gasteiger partial charge in [0, 0.05) is 30.4 Å². The second-order valence-electron chi connectivity index (χ2n) is 4.85. The van der Waals surface area contributed by atoms with Crippen LogP contribution in [0.1, 0.15) is 6.92 Å². The van der Waals surface area contributed by atoms with Gasteiger partial charge in [-0.1, -0.05) is 23.7 Å². The van der Waals surface area contributed by atoms with E-state index in [1.165, 1.54) is 7.05 Å². The van der Waals surface area contributed by atoms with E-state index < -0.39 is 11.2 Å². The molecule has 6 nitrogen and oxygen atoms in total. The Morgan fingerprint density at radius 2 is 2.00 bits per heavy atom. The molecule has 0 radical (unpaired) electrons. The van der Waals surface area contributed by atoms with Gasteiger partial charge in [0.2, 0.25) is 0 Å². The van der Waals surface area contributed by atoms with E-state index >= 15 is 0 Å². The molecule has 2 heterocycles. The Kier molecular flexibility index (Phi) is 3.54. The predicted octanol–water partition coefficient (Wildman–Crippen LogP) is 1.78. The molecule has 1 aromatic carbocycles. The maximum atomic E-state index is 12.3. The van der Waals surface area contributed by atoms with Gasteiger partial charge in [0.25, 0.3) is 5.56 Å². The maximum absolute atomic E-state index is 12.3. The van der Waals surface area contributed by atoms with E-state index in [-0.39, 0.29) is 5.69 Å². The van der Waals surface area contributed by atoms with Crippen LogP contribution in [0.4, 0.5) is 0 Å². The summed E-state index contributed by atoms with van der Waals surface area (Å²) in [5.74, 6) is 0.293. The monoisotopic (exact) mass is 316 g/mol. The summed E-state index contributed by atoms with van der Waals surface area (Å²) in [6.45, 7) is 2.47. The lowest BCUT2D eigenvalue weighted by atomic mass is 10.1. The predicted molar refractivity (Wildman–Crippen MR) is 84.3 cm³/mol. The van der Waals surface area contributed by atoms with Gasteiger partial charge in [-0.3, -0.25) is 9.36 Å². The van der Waals surface area contributed by atoms with Gasteiger partial charge in [0.1, 0.15) is 0 Å². The number of aryl methyl sites for hydroxylation is 1. The summed E-state index contributed by atoms with van der Waals surface area (Å²) in [6.07, 6.45) is 1.76. The summed E-state index contributed by atoms with van der Waals surface area (Å²) in [4.78, 5) is 32.3. The number of fused-ring (bicyclic) bond motifs is 1. The number of hydrogen-bond acceptors (Lipinski definition) is 4. The Morgan fingerprint density at radius 1 is 1.23 bits per heavy atom. The molecule has 0 amide bonds. The number of nitrogens with zero attached hydrogens (tertiary/aromatic N) is 4. The van der Waals surface area contributed by atoms with Crippen molar-refractivity contribution in [1.82, 2.24) is 19.1 Å². The zero-order chi connectivity index (χ0) is 15.9. The van der Waals surface area contributed by atoms with Gasteiger partial charge in [-0.05, 0) is 19.1 Å². The van der Waals surface area contributed by atoms with Crippen molar-refractivity contribution in [1.29, 1.82) is 0 Å². The Labute approximate surface area is 131 Å². The minimum atomic E-state index is -0.586. The molecular formula is C15H13ClN4O2. The smallest absolute Gasteiger partial charge is 0.329 e. The fourth-order valence-corrected chi connectivity index (χ4v) is 2.43. The second kappa shape index (κ2) is 5.38. The third-order valence-corrected chi connectivity index (χ3v) is 3.69. The summed E-state index contributed by atoms with van der Waals surface area (Å²) >= 11 is 6.01. The first kappa shape index (κ1) is 14.5. The number of benzene rings is 1. The first-order valence-electron chi connectivity index (χ1n) is 6.75. The molecule has 7 heteroatoms. The Bertz CT molecular complexity index is 945. The molecule has 2 aliphatic heterocycles. The lowest BCUT2D eigenvalue weighted by Gasteiger charge is -2.14. The summed E-state index contributed by atoms with van der Waals surface area (Å²) in [5.41, 5.74) is 0.527. The molecule has 0 atom stereocenters. The average molecular weight is 317 g/mol. The summed E-state index contributed by atoms with van der Waals surface area (Å²) < 4.78 is 2.69. The summed E-state index contributed by atoms with van der Waals surface area (Å²) in [7, 11) is 1.39. The van der Waals surface area contributed by atoms with Gasteiger partial charge < -0.3 is 4.57 Å². The molecule has 112 valence electrons. The summed E-state index contributed by atoms with van der Waals surface area (Å²) in [6, 6.07) is 7.22. The van der Waals surface area contributed by atoms with Crippen molar-refractivity contribution in [3.63, 3.8) is 0 Å². The fraction of sp³-hybridized carbons (Fsp3) is 0.200. The molecule has 0 saturated heterocycles. The highest BCUT2D eigenvalue weighted by molar-refractivity contribution is 6.30. The molecule has 1 aromatic rings. The zero-order valence-corrected chi connectivity index (χ0v) is 12.8. The largest absolute Gasteiger partial charge is 0.352 e. The van der Waals surface area contributed by atoms with Crippen LogP contribution >= 0.6 is 11.6 Å². The molecule has 0 aromatic heterocycles. The minimum Gasteiger partial charge on any atom is -0.329 e. The lowest BCUT2D eigenvalue weighted by Crippen LogP contribution is -2.36.